The van der Waals surface area contributed by atoms with E-state index in [4.69, 9.17) is 0 Å². The van der Waals surface area contributed by atoms with E-state index in [-0.39, 0.29) is 0 Å². The van der Waals surface area contributed by atoms with Crippen LogP contribution in [0, 0.1) is 5.92 Å². The highest BCUT2D eigenvalue weighted by Gasteiger charge is 2.23. The second-order valence-corrected chi connectivity index (χ2v) is 6.67. The number of thioether (sulfide) groups is 1. The van der Waals surface area contributed by atoms with Crippen LogP contribution in [0.3, 0.4) is 0 Å². The molecule has 1 fully saturated rings. The largest absolute Gasteiger partial charge is 0.274 e. The van der Waals surface area contributed by atoms with Gasteiger partial charge in [-0.15, -0.1) is 11.8 Å². The molecule has 0 bridgehead atoms. The second-order valence-electron chi connectivity index (χ2n) is 5.12. The highest BCUT2D eigenvalue weighted by Crippen LogP contribution is 2.31. The molecule has 0 saturated heterocycles. The zero-order valence-corrected chi connectivity index (χ0v) is 13.5. The Kier molecular flexibility index (Phi) is 3.71. The molecule has 0 spiro atoms. The molecule has 0 N–H and O–H groups in total. The maximum Gasteiger partial charge on any atom is 0.131 e. The van der Waals surface area contributed by atoms with Crippen LogP contribution in [-0.4, -0.2) is 25.8 Å². The molecule has 1 saturated carbocycles. The maximum atomic E-state index is 4.68. The first-order valence-corrected chi connectivity index (χ1v) is 8.46. The third-order valence-corrected chi connectivity index (χ3v) is 4.77. The van der Waals surface area contributed by atoms with Gasteiger partial charge in [0.2, 0.25) is 0 Å². The summed E-state index contributed by atoms with van der Waals surface area (Å²) < 4.78 is 4.88. The van der Waals surface area contributed by atoms with Gasteiger partial charge in [-0.2, -0.15) is 10.2 Å². The number of halogens is 1. The van der Waals surface area contributed by atoms with Crippen molar-refractivity contribution >= 4 is 27.7 Å². The summed E-state index contributed by atoms with van der Waals surface area (Å²) in [4.78, 5) is 0. The predicted octanol–water partition coefficient (Wildman–Crippen LogP) is 3.10. The van der Waals surface area contributed by atoms with Gasteiger partial charge >= 0.3 is 0 Å². The fraction of sp³-hybridized carbons (Fsp3) is 0.538. The Labute approximate surface area is 125 Å². The van der Waals surface area contributed by atoms with E-state index in [1.54, 1.807) is 11.8 Å². The van der Waals surface area contributed by atoms with Crippen molar-refractivity contribution in [3.63, 3.8) is 0 Å². The number of aromatic nitrogens is 4. The van der Waals surface area contributed by atoms with Gasteiger partial charge in [0.05, 0.1) is 0 Å². The lowest BCUT2D eigenvalue weighted by Crippen LogP contribution is -1.99. The molecule has 3 rings (SSSR count). The molecule has 4 nitrogen and oxygen atoms in total. The van der Waals surface area contributed by atoms with E-state index in [0.29, 0.717) is 0 Å². The maximum absolute atomic E-state index is 4.68. The number of hydrogen-bond donors (Lipinski definition) is 0. The number of aryl methyl sites for hydroxylation is 1. The Morgan fingerprint density at radius 1 is 1.32 bits per heavy atom. The SMILES string of the molecule is CSc1nn(CC2CC2)cc1Cc1cn(C)nc1Br. The molecule has 0 amide bonds. The van der Waals surface area contributed by atoms with E-state index in [2.05, 4.69) is 49.5 Å². The fourth-order valence-corrected chi connectivity index (χ4v) is 3.30. The molecule has 0 unspecified atom stereocenters. The zero-order chi connectivity index (χ0) is 13.4. The minimum absolute atomic E-state index is 0.854. The minimum atomic E-state index is 0.854. The smallest absolute Gasteiger partial charge is 0.131 e. The van der Waals surface area contributed by atoms with Crippen LogP contribution in [0.15, 0.2) is 22.0 Å². The van der Waals surface area contributed by atoms with Crippen LogP contribution >= 0.6 is 27.7 Å². The van der Waals surface area contributed by atoms with E-state index in [1.807, 2.05) is 11.7 Å². The average Bonchev–Trinajstić information content (AvgIpc) is 3.00. The summed E-state index contributed by atoms with van der Waals surface area (Å²) in [7, 11) is 1.94. The molecular weight excluding hydrogens is 324 g/mol. The predicted molar refractivity (Wildman–Crippen MR) is 80.4 cm³/mol. The van der Waals surface area contributed by atoms with Crippen LogP contribution in [0.2, 0.25) is 0 Å². The summed E-state index contributed by atoms with van der Waals surface area (Å²) in [6.45, 7) is 1.07. The summed E-state index contributed by atoms with van der Waals surface area (Å²) >= 11 is 5.23. The molecule has 102 valence electrons. The monoisotopic (exact) mass is 340 g/mol. The Hall–Kier alpha value is -0.750. The first-order valence-electron chi connectivity index (χ1n) is 6.44. The zero-order valence-electron chi connectivity index (χ0n) is 11.1. The van der Waals surface area contributed by atoms with Gasteiger partial charge in [0.25, 0.3) is 0 Å². The standard InChI is InChI=1S/C13H17BrN4S/c1-17-7-10(12(14)15-17)5-11-8-18(6-9-3-4-9)16-13(11)19-2/h7-9H,3-6H2,1-2H3. The summed E-state index contributed by atoms with van der Waals surface area (Å²) in [5, 5.41) is 10.1. The van der Waals surface area contributed by atoms with Crippen molar-refractivity contribution in [2.24, 2.45) is 13.0 Å². The first-order chi connectivity index (χ1) is 9.15. The molecule has 1 aliphatic rings. The van der Waals surface area contributed by atoms with Gasteiger partial charge in [0.15, 0.2) is 0 Å². The van der Waals surface area contributed by atoms with Crippen molar-refractivity contribution in [3.8, 4) is 0 Å². The first kappa shape index (κ1) is 13.2. The van der Waals surface area contributed by atoms with Crippen LogP contribution in [0.5, 0.6) is 0 Å². The fourth-order valence-electron chi connectivity index (χ4n) is 2.23. The van der Waals surface area contributed by atoms with Crippen molar-refractivity contribution in [1.82, 2.24) is 19.6 Å². The van der Waals surface area contributed by atoms with E-state index in [1.165, 1.54) is 24.0 Å². The molecule has 2 aromatic rings. The Balaban J connectivity index is 1.82. The van der Waals surface area contributed by atoms with Gasteiger partial charge in [-0.3, -0.25) is 9.36 Å². The van der Waals surface area contributed by atoms with E-state index < -0.39 is 0 Å². The number of rotatable bonds is 5. The van der Waals surface area contributed by atoms with Crippen LogP contribution in [-0.2, 0) is 20.0 Å². The van der Waals surface area contributed by atoms with E-state index in [9.17, 15) is 0 Å². The molecule has 0 aliphatic heterocycles. The van der Waals surface area contributed by atoms with E-state index in [0.717, 1.165) is 28.5 Å². The lowest BCUT2D eigenvalue weighted by molar-refractivity contribution is 0.552. The van der Waals surface area contributed by atoms with Crippen LogP contribution in [0.1, 0.15) is 24.0 Å². The van der Waals surface area contributed by atoms with E-state index >= 15 is 0 Å². The molecular formula is C13H17BrN4S. The molecule has 1 aliphatic carbocycles. The summed E-state index contributed by atoms with van der Waals surface area (Å²) in [5.41, 5.74) is 2.51. The van der Waals surface area contributed by atoms with Gasteiger partial charge in [-0.1, -0.05) is 0 Å². The Morgan fingerprint density at radius 2 is 2.11 bits per heavy atom. The number of nitrogens with zero attached hydrogens (tertiary/aromatic N) is 4. The highest BCUT2D eigenvalue weighted by atomic mass is 79.9. The lowest BCUT2D eigenvalue weighted by Gasteiger charge is -1.97. The van der Waals surface area contributed by atoms with Crippen molar-refractivity contribution in [3.05, 3.63) is 28.1 Å². The minimum Gasteiger partial charge on any atom is -0.274 e. The lowest BCUT2D eigenvalue weighted by atomic mass is 10.1. The van der Waals surface area contributed by atoms with Crippen molar-refractivity contribution in [2.75, 3.05) is 6.26 Å². The van der Waals surface area contributed by atoms with Gasteiger partial charge in [0.1, 0.15) is 9.63 Å². The normalized spacial score (nSPS) is 15.1. The molecule has 0 radical (unpaired) electrons. The third kappa shape index (κ3) is 3.05. The van der Waals surface area contributed by atoms with Crippen LogP contribution < -0.4 is 0 Å². The highest BCUT2D eigenvalue weighted by molar-refractivity contribution is 9.10. The van der Waals surface area contributed by atoms with Gasteiger partial charge in [-0.05, 0) is 40.9 Å². The van der Waals surface area contributed by atoms with Crippen LogP contribution in [0.25, 0.3) is 0 Å². The van der Waals surface area contributed by atoms with Gasteiger partial charge in [0, 0.05) is 43.5 Å². The van der Waals surface area contributed by atoms with Crippen molar-refractivity contribution in [2.45, 2.75) is 30.8 Å². The van der Waals surface area contributed by atoms with Gasteiger partial charge < -0.3 is 0 Å². The average molecular weight is 341 g/mol. The molecule has 2 aromatic heterocycles. The molecule has 6 heteroatoms. The molecule has 2 heterocycles. The topological polar surface area (TPSA) is 35.6 Å². The quantitative estimate of drug-likeness (QED) is 0.784. The molecule has 0 atom stereocenters. The number of hydrogen-bond acceptors (Lipinski definition) is 3. The third-order valence-electron chi connectivity index (χ3n) is 3.37. The van der Waals surface area contributed by atoms with Gasteiger partial charge in [-0.25, -0.2) is 0 Å². The summed E-state index contributed by atoms with van der Waals surface area (Å²) in [5.74, 6) is 0.854. The van der Waals surface area contributed by atoms with Crippen molar-refractivity contribution < 1.29 is 0 Å². The Morgan fingerprint density at radius 3 is 2.68 bits per heavy atom. The molecule has 0 aromatic carbocycles. The molecule has 19 heavy (non-hydrogen) atoms. The Bertz CT molecular complexity index is 585. The summed E-state index contributed by atoms with van der Waals surface area (Å²) in [6.07, 6.45) is 9.95. The summed E-state index contributed by atoms with van der Waals surface area (Å²) in [6, 6.07) is 0. The second kappa shape index (κ2) is 5.32. The van der Waals surface area contributed by atoms with Crippen LogP contribution in [0.4, 0.5) is 0 Å². The van der Waals surface area contributed by atoms with Crippen molar-refractivity contribution in [1.29, 1.82) is 0 Å².